The van der Waals surface area contributed by atoms with Gasteiger partial charge in [0.1, 0.15) is 11.4 Å². The molecule has 5 rings (SSSR count). The minimum absolute atomic E-state index is 0.205. The summed E-state index contributed by atoms with van der Waals surface area (Å²) in [6.45, 7) is 2.45. The van der Waals surface area contributed by atoms with E-state index >= 15 is 0 Å². The molecular formula is C18H20N6O2S. The van der Waals surface area contributed by atoms with Gasteiger partial charge < -0.3 is 10.6 Å². The van der Waals surface area contributed by atoms with Gasteiger partial charge in [-0.3, -0.25) is 10.1 Å². The number of aryl methyl sites for hydroxylation is 1. The molecular weight excluding hydrogens is 364 g/mol. The number of amides is 3. The van der Waals surface area contributed by atoms with Crippen molar-refractivity contribution < 1.29 is 9.59 Å². The number of anilines is 1. The first kappa shape index (κ1) is 16.6. The molecule has 2 aromatic rings. The Hall–Kier alpha value is -2.55. The molecule has 0 spiro atoms. The van der Waals surface area contributed by atoms with Crippen molar-refractivity contribution in [3.05, 3.63) is 23.8 Å². The van der Waals surface area contributed by atoms with Crippen LogP contribution in [-0.4, -0.2) is 43.9 Å². The van der Waals surface area contributed by atoms with Crippen molar-refractivity contribution >= 4 is 28.4 Å². The van der Waals surface area contributed by atoms with Crippen molar-refractivity contribution in [2.45, 2.75) is 44.1 Å². The fourth-order valence-corrected chi connectivity index (χ4v) is 5.00. The van der Waals surface area contributed by atoms with E-state index in [2.05, 4.69) is 20.3 Å². The summed E-state index contributed by atoms with van der Waals surface area (Å²) in [4.78, 5) is 40.6. The molecule has 140 valence electrons. The van der Waals surface area contributed by atoms with Crippen LogP contribution < -0.4 is 11.1 Å². The third kappa shape index (κ3) is 2.60. The molecule has 0 radical (unpaired) electrons. The van der Waals surface area contributed by atoms with E-state index in [1.54, 1.807) is 11.1 Å². The number of nitrogens with two attached hydrogens (primary N) is 1. The number of carbonyl (C=O) groups excluding carboxylic acids is 2. The van der Waals surface area contributed by atoms with Crippen LogP contribution in [0.4, 0.5) is 9.93 Å². The Bertz CT molecular complexity index is 955. The molecule has 2 aliphatic carbocycles. The Morgan fingerprint density at radius 1 is 1.33 bits per heavy atom. The number of thiazole rings is 1. The molecule has 1 aliphatic heterocycles. The van der Waals surface area contributed by atoms with E-state index in [1.807, 2.05) is 13.0 Å². The van der Waals surface area contributed by atoms with Gasteiger partial charge in [-0.05, 0) is 44.6 Å². The number of rotatable bonds is 4. The summed E-state index contributed by atoms with van der Waals surface area (Å²) in [5, 5.41) is 3.35. The summed E-state index contributed by atoms with van der Waals surface area (Å²) >= 11 is 1.39. The normalized spacial score (nSPS) is 26.0. The highest BCUT2D eigenvalue weighted by atomic mass is 32.1. The van der Waals surface area contributed by atoms with Crippen molar-refractivity contribution in [1.82, 2.24) is 19.9 Å². The zero-order valence-electron chi connectivity index (χ0n) is 14.9. The second-order valence-corrected chi connectivity index (χ2v) is 8.57. The van der Waals surface area contributed by atoms with Crippen molar-refractivity contribution in [1.29, 1.82) is 0 Å². The maximum absolute atomic E-state index is 12.7. The van der Waals surface area contributed by atoms with E-state index in [-0.39, 0.29) is 11.9 Å². The van der Waals surface area contributed by atoms with E-state index < -0.39 is 11.4 Å². The second kappa shape index (κ2) is 5.72. The van der Waals surface area contributed by atoms with Gasteiger partial charge in [0, 0.05) is 18.7 Å². The van der Waals surface area contributed by atoms with Crippen LogP contribution in [0.2, 0.25) is 0 Å². The van der Waals surface area contributed by atoms with Gasteiger partial charge in [-0.15, -0.1) is 0 Å². The Morgan fingerprint density at radius 3 is 2.85 bits per heavy atom. The summed E-state index contributed by atoms with van der Waals surface area (Å²) < 4.78 is 0. The fourth-order valence-electron chi connectivity index (χ4n) is 4.08. The van der Waals surface area contributed by atoms with Crippen LogP contribution in [0, 0.1) is 12.8 Å². The lowest BCUT2D eigenvalue weighted by Crippen LogP contribution is -2.50. The van der Waals surface area contributed by atoms with Crippen molar-refractivity contribution in [3.8, 4) is 10.6 Å². The average Bonchev–Trinajstić information content (AvgIpc) is 3.55. The summed E-state index contributed by atoms with van der Waals surface area (Å²) in [6.07, 6.45) is 5.56. The van der Waals surface area contributed by atoms with Gasteiger partial charge in [0.25, 0.3) is 0 Å². The zero-order chi connectivity index (χ0) is 18.8. The van der Waals surface area contributed by atoms with Crippen LogP contribution in [0.15, 0.2) is 12.3 Å². The summed E-state index contributed by atoms with van der Waals surface area (Å²) in [5.74, 6) is 1.15. The molecule has 3 aliphatic rings. The molecule has 2 atom stereocenters. The number of primary amides is 1. The Kier molecular flexibility index (Phi) is 3.52. The van der Waals surface area contributed by atoms with Gasteiger partial charge in [0.2, 0.25) is 5.91 Å². The molecule has 9 heteroatoms. The number of fused-ring (bicyclic) bond motifs is 1. The first-order chi connectivity index (χ1) is 13.0. The smallest absolute Gasteiger partial charge is 0.324 e. The van der Waals surface area contributed by atoms with E-state index in [1.165, 1.54) is 11.3 Å². The number of aromatic nitrogens is 3. The number of piperidine rings is 1. The largest absolute Gasteiger partial charge is 0.368 e. The summed E-state index contributed by atoms with van der Waals surface area (Å²) in [5.41, 5.74) is 6.41. The van der Waals surface area contributed by atoms with Crippen LogP contribution in [0.3, 0.4) is 0 Å². The number of hydrogen-bond donors (Lipinski definition) is 2. The molecule has 2 aromatic heterocycles. The third-order valence-electron chi connectivity index (χ3n) is 5.79. The van der Waals surface area contributed by atoms with Crippen LogP contribution >= 0.6 is 11.3 Å². The van der Waals surface area contributed by atoms with Gasteiger partial charge in [0.15, 0.2) is 5.13 Å². The Labute approximate surface area is 160 Å². The predicted octanol–water partition coefficient (Wildman–Crippen LogP) is 2.27. The molecule has 3 amide bonds. The minimum atomic E-state index is -0.787. The van der Waals surface area contributed by atoms with Crippen LogP contribution in [-0.2, 0) is 4.79 Å². The maximum atomic E-state index is 12.7. The molecule has 8 nitrogen and oxygen atoms in total. The van der Waals surface area contributed by atoms with Gasteiger partial charge in [-0.25, -0.2) is 19.7 Å². The molecule has 3 fully saturated rings. The van der Waals surface area contributed by atoms with Crippen LogP contribution in [0.1, 0.15) is 43.1 Å². The number of nitrogens with zero attached hydrogens (tertiary/aromatic N) is 4. The van der Waals surface area contributed by atoms with Crippen molar-refractivity contribution in [2.24, 2.45) is 11.7 Å². The second-order valence-electron chi connectivity index (χ2n) is 7.57. The summed E-state index contributed by atoms with van der Waals surface area (Å²) in [7, 11) is 0. The lowest BCUT2D eigenvalue weighted by molar-refractivity contribution is -0.123. The highest BCUT2D eigenvalue weighted by molar-refractivity contribution is 7.19. The first-order valence-corrected chi connectivity index (χ1v) is 10.00. The van der Waals surface area contributed by atoms with E-state index in [0.29, 0.717) is 24.0 Å². The zero-order valence-corrected chi connectivity index (χ0v) is 15.8. The molecule has 0 bridgehead atoms. The van der Waals surface area contributed by atoms with Gasteiger partial charge in [-0.2, -0.15) is 0 Å². The van der Waals surface area contributed by atoms with Crippen molar-refractivity contribution in [2.75, 3.05) is 11.9 Å². The lowest BCUT2D eigenvalue weighted by Gasteiger charge is -2.25. The topological polar surface area (TPSA) is 114 Å². The highest BCUT2D eigenvalue weighted by Gasteiger charge is 2.67. The van der Waals surface area contributed by atoms with Crippen LogP contribution in [0.5, 0.6) is 0 Å². The number of hydrogen-bond acceptors (Lipinski definition) is 6. The SMILES string of the molecule is Cc1nc(NC(=O)N2CC[C@@H]3C[C@@]32C(N)=O)sc1-c1ccnc(C2CC2)n1. The third-order valence-corrected chi connectivity index (χ3v) is 6.88. The maximum Gasteiger partial charge on any atom is 0.324 e. The monoisotopic (exact) mass is 384 g/mol. The van der Waals surface area contributed by atoms with Gasteiger partial charge in [0.05, 0.1) is 16.3 Å². The predicted molar refractivity (Wildman–Crippen MR) is 100 cm³/mol. The van der Waals surface area contributed by atoms with Gasteiger partial charge in [-0.1, -0.05) is 11.3 Å². The molecule has 3 heterocycles. The van der Waals surface area contributed by atoms with Gasteiger partial charge >= 0.3 is 6.03 Å². The molecule has 0 unspecified atom stereocenters. The average molecular weight is 384 g/mol. The first-order valence-electron chi connectivity index (χ1n) is 9.18. The number of carbonyl (C=O) groups is 2. The standard InChI is InChI=1S/C18H20N6O2S/c1-9-13(12-4-6-20-14(22-12)10-2-3-10)27-16(21-9)23-17(26)24-7-5-11-8-18(11,24)15(19)25/h4,6,10-11H,2-3,5,7-8H2,1H3,(H2,19,25)(H,21,23,26)/t11-,18+/m1/s1. The minimum Gasteiger partial charge on any atom is -0.368 e. The van der Waals surface area contributed by atoms with E-state index in [9.17, 15) is 9.59 Å². The quantitative estimate of drug-likeness (QED) is 0.839. The molecule has 0 aromatic carbocycles. The highest BCUT2D eigenvalue weighted by Crippen LogP contribution is 2.55. The van der Waals surface area contributed by atoms with Crippen molar-refractivity contribution in [3.63, 3.8) is 0 Å². The fraction of sp³-hybridized carbons (Fsp3) is 0.500. The molecule has 27 heavy (non-hydrogen) atoms. The van der Waals surface area contributed by atoms with E-state index in [0.717, 1.165) is 41.4 Å². The summed E-state index contributed by atoms with van der Waals surface area (Å²) in [6, 6.07) is 1.56. The number of urea groups is 1. The number of likely N-dealkylation sites (tertiary alicyclic amines) is 1. The lowest BCUT2D eigenvalue weighted by atomic mass is 10.2. The molecule has 3 N–H and O–H groups in total. The van der Waals surface area contributed by atoms with Crippen LogP contribution in [0.25, 0.3) is 10.6 Å². The Balaban J connectivity index is 1.36. The Morgan fingerprint density at radius 2 is 2.15 bits per heavy atom. The van der Waals surface area contributed by atoms with E-state index in [4.69, 9.17) is 5.73 Å². The number of nitrogens with one attached hydrogen (secondary N) is 1. The molecule has 1 saturated heterocycles. The molecule has 2 saturated carbocycles.